The Morgan fingerprint density at radius 3 is 2.26 bits per heavy atom. The van der Waals surface area contributed by atoms with E-state index in [2.05, 4.69) is 9.88 Å². The van der Waals surface area contributed by atoms with E-state index < -0.39 is 10.0 Å². The number of piperazine rings is 1. The lowest BCUT2D eigenvalue weighted by molar-refractivity contribution is -0.137. The van der Waals surface area contributed by atoms with Crippen molar-refractivity contribution in [2.24, 2.45) is 5.92 Å². The van der Waals surface area contributed by atoms with E-state index in [9.17, 15) is 13.2 Å². The van der Waals surface area contributed by atoms with Crippen LogP contribution in [0.1, 0.15) is 18.4 Å². The number of aromatic nitrogens is 1. The number of amides is 1. The van der Waals surface area contributed by atoms with E-state index in [0.717, 1.165) is 11.4 Å². The van der Waals surface area contributed by atoms with E-state index >= 15 is 0 Å². The second-order valence-electron chi connectivity index (χ2n) is 8.05. The van der Waals surface area contributed by atoms with Crippen molar-refractivity contribution in [2.45, 2.75) is 18.6 Å². The predicted molar refractivity (Wildman–Crippen MR) is 121 cm³/mol. The van der Waals surface area contributed by atoms with Crippen LogP contribution in [-0.4, -0.2) is 67.8 Å². The summed E-state index contributed by atoms with van der Waals surface area (Å²) < 4.78 is 27.0. The maximum Gasteiger partial charge on any atom is 0.225 e. The largest absolute Gasteiger partial charge is 0.353 e. The van der Waals surface area contributed by atoms with E-state index in [4.69, 9.17) is 11.6 Å². The van der Waals surface area contributed by atoms with Gasteiger partial charge in [-0.3, -0.25) is 4.79 Å². The lowest BCUT2D eigenvalue weighted by atomic mass is 9.96. The highest BCUT2D eigenvalue weighted by molar-refractivity contribution is 7.88. The number of pyridine rings is 1. The Bertz CT molecular complexity index is 1000. The lowest BCUT2D eigenvalue weighted by Gasteiger charge is -2.38. The van der Waals surface area contributed by atoms with Gasteiger partial charge in [0.2, 0.25) is 15.9 Å². The molecule has 4 rings (SSSR count). The smallest absolute Gasteiger partial charge is 0.225 e. The van der Waals surface area contributed by atoms with Crippen molar-refractivity contribution in [3.8, 4) is 0 Å². The van der Waals surface area contributed by atoms with Gasteiger partial charge in [-0.25, -0.2) is 17.7 Å². The third-order valence-corrected chi connectivity index (χ3v) is 8.06. The van der Waals surface area contributed by atoms with Gasteiger partial charge >= 0.3 is 0 Å². The van der Waals surface area contributed by atoms with E-state index in [0.29, 0.717) is 57.3 Å². The summed E-state index contributed by atoms with van der Waals surface area (Å²) in [5.74, 6) is 0.862. The predicted octanol–water partition coefficient (Wildman–Crippen LogP) is 2.63. The molecular formula is C22H27ClN4O3S. The van der Waals surface area contributed by atoms with Crippen LogP contribution in [0, 0.1) is 5.92 Å². The molecule has 1 aromatic carbocycles. The first-order valence-electron chi connectivity index (χ1n) is 10.6. The summed E-state index contributed by atoms with van der Waals surface area (Å²) in [7, 11) is -3.37. The fraction of sp³-hybridized carbons (Fsp3) is 0.455. The summed E-state index contributed by atoms with van der Waals surface area (Å²) in [4.78, 5) is 21.4. The van der Waals surface area contributed by atoms with Gasteiger partial charge in [0.25, 0.3) is 0 Å². The molecule has 2 saturated heterocycles. The number of piperidine rings is 1. The van der Waals surface area contributed by atoms with Crippen molar-refractivity contribution in [3.63, 3.8) is 0 Å². The number of anilines is 1. The summed E-state index contributed by atoms with van der Waals surface area (Å²) in [5.41, 5.74) is 0.785. The molecule has 7 nitrogen and oxygen atoms in total. The van der Waals surface area contributed by atoms with Crippen LogP contribution < -0.4 is 4.90 Å². The summed E-state index contributed by atoms with van der Waals surface area (Å²) in [6, 6.07) is 14.8. The number of rotatable bonds is 5. The number of sulfonamides is 1. The van der Waals surface area contributed by atoms with Gasteiger partial charge in [-0.05, 0) is 30.5 Å². The van der Waals surface area contributed by atoms with Crippen molar-refractivity contribution in [2.75, 3.05) is 44.2 Å². The molecule has 2 fully saturated rings. The quantitative estimate of drug-likeness (QED) is 0.638. The van der Waals surface area contributed by atoms with Crippen molar-refractivity contribution >= 4 is 33.3 Å². The fourth-order valence-corrected chi connectivity index (χ4v) is 5.97. The van der Waals surface area contributed by atoms with Crippen LogP contribution in [0.2, 0.25) is 5.15 Å². The van der Waals surface area contributed by atoms with Crippen molar-refractivity contribution in [1.29, 1.82) is 0 Å². The molecule has 0 radical (unpaired) electrons. The standard InChI is InChI=1S/C22H27ClN4O3S/c23-20-7-4-8-21(24-20)25-13-15-26(16-14-25)22(28)19-9-11-27(12-10-19)31(29,30)17-18-5-2-1-3-6-18/h1-8,19H,9-17H2. The van der Waals surface area contributed by atoms with Gasteiger partial charge in [-0.15, -0.1) is 0 Å². The maximum atomic E-state index is 13.0. The zero-order valence-corrected chi connectivity index (χ0v) is 18.9. The molecule has 0 saturated carbocycles. The SMILES string of the molecule is O=C(C1CCN(S(=O)(=O)Cc2ccccc2)CC1)N1CCN(c2cccc(Cl)n2)CC1. The van der Waals surface area contributed by atoms with E-state index in [1.807, 2.05) is 47.4 Å². The van der Waals surface area contributed by atoms with Crippen LogP contribution >= 0.6 is 11.6 Å². The van der Waals surface area contributed by atoms with Crippen LogP contribution in [0.25, 0.3) is 0 Å². The lowest BCUT2D eigenvalue weighted by Crippen LogP contribution is -2.52. The van der Waals surface area contributed by atoms with E-state index in [-0.39, 0.29) is 17.6 Å². The molecule has 2 aromatic rings. The number of nitrogens with zero attached hydrogens (tertiary/aromatic N) is 4. The number of halogens is 1. The molecule has 3 heterocycles. The van der Waals surface area contributed by atoms with Crippen molar-refractivity contribution in [3.05, 3.63) is 59.2 Å². The molecule has 0 unspecified atom stereocenters. The topological polar surface area (TPSA) is 73.8 Å². The molecule has 1 amide bonds. The highest BCUT2D eigenvalue weighted by atomic mass is 35.5. The van der Waals surface area contributed by atoms with Crippen LogP contribution in [0.5, 0.6) is 0 Å². The normalized spacial score (nSPS) is 18.9. The Morgan fingerprint density at radius 1 is 0.935 bits per heavy atom. The first-order chi connectivity index (χ1) is 14.9. The molecule has 2 aliphatic heterocycles. The molecule has 0 N–H and O–H groups in total. The highest BCUT2D eigenvalue weighted by Crippen LogP contribution is 2.24. The van der Waals surface area contributed by atoms with Crippen LogP contribution in [0.15, 0.2) is 48.5 Å². The first kappa shape index (κ1) is 22.0. The Kier molecular flexibility index (Phi) is 6.79. The van der Waals surface area contributed by atoms with Gasteiger partial charge in [-0.1, -0.05) is 48.0 Å². The number of hydrogen-bond acceptors (Lipinski definition) is 5. The third-order valence-electron chi connectivity index (χ3n) is 6.00. The van der Waals surface area contributed by atoms with Crippen LogP contribution in [-0.2, 0) is 20.6 Å². The number of hydrogen-bond donors (Lipinski definition) is 0. The molecule has 0 spiro atoms. The second-order valence-corrected chi connectivity index (χ2v) is 10.4. The molecule has 1 aromatic heterocycles. The Balaban J connectivity index is 1.28. The minimum atomic E-state index is -3.37. The molecule has 0 aliphatic carbocycles. The average molecular weight is 463 g/mol. The van der Waals surface area contributed by atoms with Gasteiger partial charge in [0.15, 0.2) is 0 Å². The Morgan fingerprint density at radius 2 is 1.61 bits per heavy atom. The van der Waals surface area contributed by atoms with Crippen LogP contribution in [0.4, 0.5) is 5.82 Å². The third kappa shape index (κ3) is 5.37. The molecule has 2 aliphatic rings. The van der Waals surface area contributed by atoms with Crippen molar-refractivity contribution in [1.82, 2.24) is 14.2 Å². The molecular weight excluding hydrogens is 436 g/mol. The van der Waals surface area contributed by atoms with Gasteiger partial charge in [0, 0.05) is 45.2 Å². The molecule has 0 bridgehead atoms. The summed E-state index contributed by atoms with van der Waals surface area (Å²) in [6.07, 6.45) is 1.14. The summed E-state index contributed by atoms with van der Waals surface area (Å²) >= 11 is 5.98. The Hall–Kier alpha value is -2.16. The monoisotopic (exact) mass is 462 g/mol. The van der Waals surface area contributed by atoms with Crippen LogP contribution in [0.3, 0.4) is 0 Å². The second kappa shape index (κ2) is 9.54. The van der Waals surface area contributed by atoms with Gasteiger partial charge in [0.05, 0.1) is 5.75 Å². The van der Waals surface area contributed by atoms with Gasteiger partial charge < -0.3 is 9.80 Å². The van der Waals surface area contributed by atoms with E-state index in [1.54, 1.807) is 6.07 Å². The Labute approximate surface area is 188 Å². The minimum Gasteiger partial charge on any atom is -0.353 e. The summed E-state index contributed by atoms with van der Waals surface area (Å²) in [5, 5.41) is 0.463. The zero-order chi connectivity index (χ0) is 21.8. The molecule has 166 valence electrons. The number of carbonyl (C=O) groups is 1. The van der Waals surface area contributed by atoms with Gasteiger partial charge in [-0.2, -0.15) is 0 Å². The van der Waals surface area contributed by atoms with E-state index in [1.165, 1.54) is 4.31 Å². The number of benzene rings is 1. The average Bonchev–Trinajstić information content (AvgIpc) is 2.79. The highest BCUT2D eigenvalue weighted by Gasteiger charge is 2.34. The minimum absolute atomic E-state index is 0.00590. The zero-order valence-electron chi connectivity index (χ0n) is 17.4. The fourth-order valence-electron chi connectivity index (χ4n) is 4.24. The number of carbonyl (C=O) groups excluding carboxylic acids is 1. The first-order valence-corrected chi connectivity index (χ1v) is 12.6. The van der Waals surface area contributed by atoms with Gasteiger partial charge in [0.1, 0.15) is 11.0 Å². The van der Waals surface area contributed by atoms with Crippen molar-refractivity contribution < 1.29 is 13.2 Å². The maximum absolute atomic E-state index is 13.0. The molecule has 0 atom stereocenters. The molecule has 9 heteroatoms. The summed E-state index contributed by atoms with van der Waals surface area (Å²) in [6.45, 7) is 3.50. The molecule has 31 heavy (non-hydrogen) atoms.